The van der Waals surface area contributed by atoms with Crippen molar-refractivity contribution in [2.45, 2.75) is 11.2 Å². The third-order valence-corrected chi connectivity index (χ3v) is 5.85. The molecule has 29 heavy (non-hydrogen) atoms. The van der Waals surface area contributed by atoms with Gasteiger partial charge in [0.1, 0.15) is 17.0 Å². The molecule has 0 atom stereocenters. The fourth-order valence-corrected chi connectivity index (χ4v) is 4.01. The van der Waals surface area contributed by atoms with E-state index in [0.29, 0.717) is 57.0 Å². The number of pyridine rings is 1. The lowest BCUT2D eigenvalue weighted by molar-refractivity contribution is 0.0210. The molecule has 1 fully saturated rings. The zero-order valence-electron chi connectivity index (χ0n) is 16.0. The molecule has 7 nitrogen and oxygen atoms in total. The number of hydrogen-bond donors (Lipinski definition) is 1. The van der Waals surface area contributed by atoms with Crippen LogP contribution in [0.3, 0.4) is 0 Å². The van der Waals surface area contributed by atoms with Gasteiger partial charge in [-0.25, -0.2) is 15.0 Å². The van der Waals surface area contributed by atoms with Gasteiger partial charge in [0.2, 0.25) is 0 Å². The molecule has 0 radical (unpaired) electrons. The van der Waals surface area contributed by atoms with Crippen LogP contribution in [0.15, 0.2) is 23.5 Å². The first-order valence-corrected chi connectivity index (χ1v) is 10.7. The van der Waals surface area contributed by atoms with Crippen LogP contribution in [0.1, 0.15) is 0 Å². The smallest absolute Gasteiger partial charge is 0.187 e. The molecular weight excluding hydrogens is 435 g/mol. The SMILES string of the molecule is COc1cc(OC)c(Cl)c(-c2cc3cnc(SC)nc3c(NC3COC3)n2)c1Cl. The molecule has 1 saturated heterocycles. The van der Waals surface area contributed by atoms with Crippen molar-refractivity contribution < 1.29 is 14.2 Å². The summed E-state index contributed by atoms with van der Waals surface area (Å²) in [5, 5.41) is 5.57. The zero-order valence-corrected chi connectivity index (χ0v) is 18.3. The van der Waals surface area contributed by atoms with Crippen molar-refractivity contribution in [2.75, 3.05) is 39.0 Å². The number of ether oxygens (including phenoxy) is 3. The Bertz CT molecular complexity index is 1050. The number of thioether (sulfide) groups is 1. The fraction of sp³-hybridized carbons (Fsp3) is 0.316. The predicted molar refractivity (Wildman–Crippen MR) is 116 cm³/mol. The molecule has 1 aliphatic rings. The van der Waals surface area contributed by atoms with Crippen LogP contribution in [0.25, 0.3) is 22.2 Å². The summed E-state index contributed by atoms with van der Waals surface area (Å²) in [5.41, 5.74) is 1.81. The first-order valence-electron chi connectivity index (χ1n) is 8.72. The highest BCUT2D eigenvalue weighted by Crippen LogP contribution is 2.46. The molecule has 0 aliphatic carbocycles. The number of nitrogens with zero attached hydrogens (tertiary/aromatic N) is 3. The number of anilines is 1. The molecule has 152 valence electrons. The minimum absolute atomic E-state index is 0.166. The average molecular weight is 453 g/mol. The van der Waals surface area contributed by atoms with E-state index < -0.39 is 0 Å². The highest BCUT2D eigenvalue weighted by atomic mass is 35.5. The van der Waals surface area contributed by atoms with Crippen LogP contribution in [-0.2, 0) is 4.74 Å². The van der Waals surface area contributed by atoms with Crippen molar-refractivity contribution in [3.05, 3.63) is 28.4 Å². The van der Waals surface area contributed by atoms with E-state index in [-0.39, 0.29) is 6.04 Å². The van der Waals surface area contributed by atoms with Crippen molar-refractivity contribution >= 4 is 51.7 Å². The van der Waals surface area contributed by atoms with Gasteiger partial charge in [-0.2, -0.15) is 0 Å². The van der Waals surface area contributed by atoms with Gasteiger partial charge < -0.3 is 19.5 Å². The number of aromatic nitrogens is 3. The van der Waals surface area contributed by atoms with Crippen molar-refractivity contribution in [3.8, 4) is 22.8 Å². The van der Waals surface area contributed by atoms with E-state index in [1.165, 1.54) is 26.0 Å². The summed E-state index contributed by atoms with van der Waals surface area (Å²) in [7, 11) is 3.07. The van der Waals surface area contributed by atoms with Gasteiger partial charge in [-0.3, -0.25) is 0 Å². The molecule has 1 aliphatic heterocycles. The molecule has 0 amide bonds. The monoisotopic (exact) mass is 452 g/mol. The Morgan fingerprint density at radius 2 is 1.79 bits per heavy atom. The molecule has 1 N–H and O–H groups in total. The van der Waals surface area contributed by atoms with Crippen LogP contribution >= 0.6 is 35.0 Å². The van der Waals surface area contributed by atoms with E-state index in [0.717, 1.165) is 10.9 Å². The molecule has 10 heteroatoms. The topological polar surface area (TPSA) is 78.4 Å². The highest BCUT2D eigenvalue weighted by molar-refractivity contribution is 7.98. The van der Waals surface area contributed by atoms with Crippen molar-refractivity contribution in [1.29, 1.82) is 0 Å². The lowest BCUT2D eigenvalue weighted by Gasteiger charge is -2.28. The molecule has 3 aromatic rings. The Balaban J connectivity index is 1.95. The van der Waals surface area contributed by atoms with Gasteiger partial charge in [0.05, 0.1) is 49.2 Å². The average Bonchev–Trinajstić information content (AvgIpc) is 2.70. The summed E-state index contributed by atoms with van der Waals surface area (Å²) in [6, 6.07) is 3.67. The number of hydrogen-bond acceptors (Lipinski definition) is 8. The summed E-state index contributed by atoms with van der Waals surface area (Å²) in [6.45, 7) is 1.23. The van der Waals surface area contributed by atoms with Gasteiger partial charge in [-0.1, -0.05) is 35.0 Å². The van der Waals surface area contributed by atoms with Gasteiger partial charge in [0.25, 0.3) is 0 Å². The summed E-state index contributed by atoms with van der Waals surface area (Å²) in [5.74, 6) is 1.51. The molecule has 1 aromatic carbocycles. The van der Waals surface area contributed by atoms with E-state index in [9.17, 15) is 0 Å². The largest absolute Gasteiger partial charge is 0.495 e. The Labute approximate surface area is 182 Å². The van der Waals surface area contributed by atoms with Gasteiger partial charge >= 0.3 is 0 Å². The van der Waals surface area contributed by atoms with Gasteiger partial charge in [-0.05, 0) is 12.3 Å². The fourth-order valence-electron chi connectivity index (χ4n) is 2.97. The number of halogens is 2. The number of nitrogens with one attached hydrogen (secondary N) is 1. The summed E-state index contributed by atoms with van der Waals surface area (Å²) < 4.78 is 16.0. The normalized spacial score (nSPS) is 14.0. The first kappa shape index (κ1) is 20.3. The quantitative estimate of drug-likeness (QED) is 0.430. The van der Waals surface area contributed by atoms with E-state index in [1.807, 2.05) is 12.3 Å². The van der Waals surface area contributed by atoms with Crippen LogP contribution in [0.5, 0.6) is 11.5 Å². The maximum absolute atomic E-state index is 6.59. The minimum Gasteiger partial charge on any atom is -0.495 e. The van der Waals surface area contributed by atoms with Crippen molar-refractivity contribution in [1.82, 2.24) is 15.0 Å². The third kappa shape index (κ3) is 3.77. The molecule has 3 heterocycles. The van der Waals surface area contributed by atoms with Gasteiger partial charge in [0.15, 0.2) is 11.0 Å². The van der Waals surface area contributed by atoms with E-state index in [2.05, 4.69) is 15.3 Å². The lowest BCUT2D eigenvalue weighted by atomic mass is 10.1. The Morgan fingerprint density at radius 1 is 1.10 bits per heavy atom. The molecule has 0 saturated carbocycles. The van der Waals surface area contributed by atoms with Crippen LogP contribution in [0, 0.1) is 0 Å². The second-order valence-electron chi connectivity index (χ2n) is 6.31. The Kier molecular flexibility index (Phi) is 5.87. The van der Waals surface area contributed by atoms with Crippen LogP contribution in [0.4, 0.5) is 5.82 Å². The standard InChI is InChI=1S/C19H18Cl2N4O3S/c1-26-12-5-13(27-2)16(21)14(15(12)20)11-4-9-6-22-19(29-3)25-17(9)18(24-11)23-10-7-28-8-10/h4-6,10H,7-8H2,1-3H3,(H,23,24). The second-order valence-corrected chi connectivity index (χ2v) is 7.84. The zero-order chi connectivity index (χ0) is 20.5. The minimum atomic E-state index is 0.166. The van der Waals surface area contributed by atoms with Crippen molar-refractivity contribution in [2.24, 2.45) is 0 Å². The molecule has 0 unspecified atom stereocenters. The first-order chi connectivity index (χ1) is 14.0. The summed E-state index contributed by atoms with van der Waals surface area (Å²) in [4.78, 5) is 13.8. The van der Waals surface area contributed by atoms with Gasteiger partial charge in [0, 0.05) is 23.2 Å². The Morgan fingerprint density at radius 3 is 2.34 bits per heavy atom. The summed E-state index contributed by atoms with van der Waals surface area (Å²) >= 11 is 14.7. The summed E-state index contributed by atoms with van der Waals surface area (Å²) in [6.07, 6.45) is 3.69. The molecule has 0 spiro atoms. The van der Waals surface area contributed by atoms with Crippen LogP contribution in [-0.4, -0.2) is 54.7 Å². The van der Waals surface area contributed by atoms with E-state index in [1.54, 1.807) is 12.3 Å². The third-order valence-electron chi connectivity index (χ3n) is 4.54. The molecule has 2 aromatic heterocycles. The lowest BCUT2D eigenvalue weighted by Crippen LogP contribution is -2.40. The van der Waals surface area contributed by atoms with E-state index in [4.69, 9.17) is 42.4 Å². The second kappa shape index (κ2) is 8.39. The molecule has 4 rings (SSSR count). The van der Waals surface area contributed by atoms with Crippen LogP contribution in [0.2, 0.25) is 10.0 Å². The highest BCUT2D eigenvalue weighted by Gasteiger charge is 2.24. The Hall–Kier alpha value is -2.00. The number of rotatable bonds is 6. The van der Waals surface area contributed by atoms with Gasteiger partial charge in [-0.15, -0.1) is 0 Å². The number of benzene rings is 1. The maximum Gasteiger partial charge on any atom is 0.187 e. The predicted octanol–water partition coefficient (Wildman–Crippen LogP) is 4.55. The maximum atomic E-state index is 6.59. The number of fused-ring (bicyclic) bond motifs is 1. The van der Waals surface area contributed by atoms with E-state index >= 15 is 0 Å². The molecular formula is C19H18Cl2N4O3S. The molecule has 0 bridgehead atoms. The van der Waals surface area contributed by atoms with Crippen molar-refractivity contribution in [3.63, 3.8) is 0 Å². The number of methoxy groups -OCH3 is 2. The van der Waals surface area contributed by atoms with Crippen LogP contribution < -0.4 is 14.8 Å².